The molecule has 13 heteroatoms. The Morgan fingerprint density at radius 2 is 1.77 bits per heavy atom. The summed E-state index contributed by atoms with van der Waals surface area (Å²) in [5, 5.41) is 12.7. The number of carbonyl (C=O) groups is 1. The quantitative estimate of drug-likeness (QED) is 0.339. The fraction of sp³-hybridized carbons (Fsp3) is 0.182. The van der Waals surface area contributed by atoms with Crippen LogP contribution >= 0.6 is 11.3 Å². The lowest BCUT2D eigenvalue weighted by Crippen LogP contribution is -2.13. The third-order valence-electron chi connectivity index (χ3n) is 4.78. The monoisotopic (exact) mass is 522 g/mol. The van der Waals surface area contributed by atoms with Gasteiger partial charge in [-0.2, -0.15) is 18.3 Å². The first-order valence-electron chi connectivity index (χ1n) is 10.1. The number of esters is 1. The Hall–Kier alpha value is -3.58. The van der Waals surface area contributed by atoms with E-state index in [9.17, 15) is 26.4 Å². The zero-order valence-electron chi connectivity index (χ0n) is 18.3. The van der Waals surface area contributed by atoms with Gasteiger partial charge in [0.25, 0.3) is 0 Å². The maximum Gasteiger partial charge on any atom is 0.418 e. The highest BCUT2D eigenvalue weighted by Gasteiger charge is 2.35. The standard InChI is InChI=1S/C22H17F3N4O4S2/c1-3-33-21(30)16-12-18(29(28-16)17-10-5-4-9-15(17)22(23,24)25)20-27-26-19(34-20)13-7-6-8-14(11-13)35(2,31)32/h4-12H,3H2,1-2H3. The molecule has 0 saturated heterocycles. The number of halogens is 3. The zero-order valence-corrected chi connectivity index (χ0v) is 19.9. The molecule has 2 heterocycles. The summed E-state index contributed by atoms with van der Waals surface area (Å²) < 4.78 is 70.9. The number of sulfone groups is 1. The van der Waals surface area contributed by atoms with Crippen LogP contribution in [0.25, 0.3) is 27.0 Å². The van der Waals surface area contributed by atoms with Crippen molar-refractivity contribution in [2.75, 3.05) is 12.9 Å². The number of alkyl halides is 3. The topological polar surface area (TPSA) is 104 Å². The molecule has 0 saturated carbocycles. The molecule has 35 heavy (non-hydrogen) atoms. The van der Waals surface area contributed by atoms with E-state index in [2.05, 4.69) is 15.3 Å². The van der Waals surface area contributed by atoms with Gasteiger partial charge in [0.05, 0.1) is 22.8 Å². The maximum atomic E-state index is 13.7. The Labute approximate surface area is 201 Å². The number of nitrogens with zero attached hydrogens (tertiary/aromatic N) is 4. The molecule has 0 aliphatic heterocycles. The number of para-hydroxylation sites is 1. The molecule has 4 aromatic rings. The molecule has 0 aliphatic rings. The molecular weight excluding hydrogens is 505 g/mol. The van der Waals surface area contributed by atoms with Crippen LogP contribution in [-0.2, 0) is 20.8 Å². The van der Waals surface area contributed by atoms with Gasteiger partial charge in [-0.25, -0.2) is 17.9 Å². The Morgan fingerprint density at radius 1 is 1.06 bits per heavy atom. The highest BCUT2D eigenvalue weighted by atomic mass is 32.2. The van der Waals surface area contributed by atoms with Crippen LogP contribution in [0.1, 0.15) is 23.0 Å². The maximum absolute atomic E-state index is 13.7. The largest absolute Gasteiger partial charge is 0.461 e. The normalized spacial score (nSPS) is 12.0. The molecule has 8 nitrogen and oxygen atoms in total. The minimum atomic E-state index is -4.68. The van der Waals surface area contributed by atoms with Crippen molar-refractivity contribution in [3.05, 3.63) is 65.9 Å². The highest BCUT2D eigenvalue weighted by molar-refractivity contribution is 7.90. The summed E-state index contributed by atoms with van der Waals surface area (Å²) in [6, 6.07) is 12.1. The lowest BCUT2D eigenvalue weighted by Gasteiger charge is -2.13. The van der Waals surface area contributed by atoms with Crippen LogP contribution in [0, 0.1) is 0 Å². The number of hydrogen-bond donors (Lipinski definition) is 0. The van der Waals surface area contributed by atoms with Crippen LogP contribution in [0.15, 0.2) is 59.5 Å². The molecule has 182 valence electrons. The first-order valence-corrected chi connectivity index (χ1v) is 12.8. The summed E-state index contributed by atoms with van der Waals surface area (Å²) in [5.41, 5.74) is -0.904. The Balaban J connectivity index is 1.86. The van der Waals surface area contributed by atoms with Crippen LogP contribution < -0.4 is 0 Å². The first-order chi connectivity index (χ1) is 16.5. The predicted molar refractivity (Wildman–Crippen MR) is 122 cm³/mol. The van der Waals surface area contributed by atoms with Crippen LogP contribution in [0.4, 0.5) is 13.2 Å². The number of rotatable bonds is 6. The lowest BCUT2D eigenvalue weighted by atomic mass is 10.1. The highest BCUT2D eigenvalue weighted by Crippen LogP contribution is 2.37. The first kappa shape index (κ1) is 24.5. The van der Waals surface area contributed by atoms with E-state index in [1.165, 1.54) is 36.4 Å². The van der Waals surface area contributed by atoms with E-state index in [0.717, 1.165) is 28.3 Å². The molecule has 4 rings (SSSR count). The van der Waals surface area contributed by atoms with Gasteiger partial charge >= 0.3 is 12.1 Å². The van der Waals surface area contributed by atoms with Crippen molar-refractivity contribution in [1.82, 2.24) is 20.0 Å². The average Bonchev–Trinajstić information content (AvgIpc) is 3.46. The molecule has 0 atom stereocenters. The molecule has 2 aromatic carbocycles. The third-order valence-corrected chi connectivity index (χ3v) is 6.89. The van der Waals surface area contributed by atoms with Crippen molar-refractivity contribution >= 4 is 27.1 Å². The number of ether oxygens (including phenoxy) is 1. The van der Waals surface area contributed by atoms with E-state index in [-0.39, 0.29) is 33.6 Å². The molecule has 0 amide bonds. The van der Waals surface area contributed by atoms with Crippen molar-refractivity contribution in [2.24, 2.45) is 0 Å². The number of aromatic nitrogens is 4. The van der Waals surface area contributed by atoms with Crippen molar-refractivity contribution in [1.29, 1.82) is 0 Å². The van der Waals surface area contributed by atoms with Crippen molar-refractivity contribution in [3.8, 4) is 27.0 Å². The van der Waals surface area contributed by atoms with Gasteiger partial charge in [0.15, 0.2) is 20.5 Å². The Kier molecular flexibility index (Phi) is 6.47. The van der Waals surface area contributed by atoms with Gasteiger partial charge < -0.3 is 4.74 Å². The van der Waals surface area contributed by atoms with Gasteiger partial charge in [0, 0.05) is 17.9 Å². The van der Waals surface area contributed by atoms with Gasteiger partial charge in [0.2, 0.25) is 0 Å². The summed E-state index contributed by atoms with van der Waals surface area (Å²) >= 11 is 1.01. The summed E-state index contributed by atoms with van der Waals surface area (Å²) in [7, 11) is -3.47. The summed E-state index contributed by atoms with van der Waals surface area (Å²) in [6.45, 7) is 1.65. The second kappa shape index (κ2) is 9.23. The van der Waals surface area contributed by atoms with E-state index >= 15 is 0 Å². The minimum Gasteiger partial charge on any atom is -0.461 e. The SMILES string of the molecule is CCOC(=O)c1cc(-c2nnc(-c3cccc(S(C)(=O)=O)c3)s2)n(-c2ccccc2C(F)(F)F)n1. The molecule has 0 spiro atoms. The molecule has 0 N–H and O–H groups in total. The fourth-order valence-electron chi connectivity index (χ4n) is 3.22. The average molecular weight is 523 g/mol. The van der Waals surface area contributed by atoms with Crippen LogP contribution in [0.5, 0.6) is 0 Å². The van der Waals surface area contributed by atoms with Crippen molar-refractivity contribution < 1.29 is 31.1 Å². The van der Waals surface area contributed by atoms with Gasteiger partial charge in [-0.3, -0.25) is 0 Å². The Morgan fingerprint density at radius 3 is 2.46 bits per heavy atom. The fourth-order valence-corrected chi connectivity index (χ4v) is 4.73. The molecule has 0 radical (unpaired) electrons. The minimum absolute atomic E-state index is 0.0554. The van der Waals surface area contributed by atoms with Gasteiger partial charge in [-0.05, 0) is 31.2 Å². The summed E-state index contributed by atoms with van der Waals surface area (Å²) in [6.07, 6.45) is -3.60. The molecule has 0 fully saturated rings. The number of hydrogen-bond acceptors (Lipinski definition) is 8. The zero-order chi connectivity index (χ0) is 25.4. The molecule has 2 aromatic heterocycles. The summed E-state index contributed by atoms with van der Waals surface area (Å²) in [4.78, 5) is 12.4. The van der Waals surface area contributed by atoms with Gasteiger partial charge in [-0.1, -0.05) is 35.6 Å². The van der Waals surface area contributed by atoms with E-state index in [1.54, 1.807) is 19.1 Å². The van der Waals surface area contributed by atoms with Crippen LogP contribution in [0.3, 0.4) is 0 Å². The number of carbonyl (C=O) groups excluding carboxylic acids is 1. The van der Waals surface area contributed by atoms with E-state index < -0.39 is 27.5 Å². The van der Waals surface area contributed by atoms with Gasteiger partial charge in [0.1, 0.15) is 10.7 Å². The van der Waals surface area contributed by atoms with Crippen molar-refractivity contribution in [2.45, 2.75) is 18.0 Å². The molecule has 0 unspecified atom stereocenters. The van der Waals surface area contributed by atoms with E-state index in [1.807, 2.05) is 0 Å². The predicted octanol–water partition coefficient (Wildman–Crippen LogP) is 4.66. The van der Waals surface area contributed by atoms with Gasteiger partial charge in [-0.15, -0.1) is 10.2 Å². The molecular formula is C22H17F3N4O4S2. The molecule has 0 aliphatic carbocycles. The van der Waals surface area contributed by atoms with Crippen LogP contribution in [0.2, 0.25) is 0 Å². The lowest BCUT2D eigenvalue weighted by molar-refractivity contribution is -0.137. The smallest absolute Gasteiger partial charge is 0.418 e. The molecule has 0 bridgehead atoms. The second-order valence-electron chi connectivity index (χ2n) is 7.27. The summed E-state index contributed by atoms with van der Waals surface area (Å²) in [5.74, 6) is -0.803. The van der Waals surface area contributed by atoms with Crippen LogP contribution in [-0.4, -0.2) is 47.2 Å². The van der Waals surface area contributed by atoms with Crippen molar-refractivity contribution in [3.63, 3.8) is 0 Å². The number of benzene rings is 2. The Bertz CT molecular complexity index is 1510. The van der Waals surface area contributed by atoms with E-state index in [4.69, 9.17) is 4.74 Å². The second-order valence-corrected chi connectivity index (χ2v) is 10.3. The third kappa shape index (κ3) is 5.10. The van der Waals surface area contributed by atoms with E-state index in [0.29, 0.717) is 10.6 Å².